The number of carbonyl (C=O) groups excluding carboxylic acids is 2. The second kappa shape index (κ2) is 27.8. The van der Waals surface area contributed by atoms with Gasteiger partial charge in [0.25, 0.3) is 11.8 Å². The van der Waals surface area contributed by atoms with Crippen LogP contribution < -0.4 is 16.4 Å². The average Bonchev–Trinajstić information content (AvgIpc) is 3.44. The molecule has 6 aromatic rings. The molecule has 15 nitrogen and oxygen atoms in total. The van der Waals surface area contributed by atoms with E-state index in [1.54, 1.807) is 13.8 Å². The Labute approximate surface area is 438 Å². The number of aliphatic carboxylic acids is 1. The zero-order chi connectivity index (χ0) is 52.4. The predicted molar refractivity (Wildman–Crippen MR) is 279 cm³/mol. The Morgan fingerprint density at radius 1 is 0.440 bits per heavy atom. The van der Waals surface area contributed by atoms with E-state index in [0.717, 1.165) is 33.4 Å². The predicted octanol–water partition coefficient (Wildman–Crippen LogP) is 7.09. The third-order valence-corrected chi connectivity index (χ3v) is 13.2. The molecule has 2 heterocycles. The van der Waals surface area contributed by atoms with Gasteiger partial charge in [-0.3, -0.25) is 14.4 Å². The normalized spacial score (nSPS) is 24.4. The maximum absolute atomic E-state index is 15.4. The third kappa shape index (κ3) is 15.5. The Morgan fingerprint density at radius 3 is 1.04 bits per heavy atom. The van der Waals surface area contributed by atoms with E-state index in [9.17, 15) is 14.7 Å². The molecule has 6 aromatic carbocycles. The van der Waals surface area contributed by atoms with Crippen molar-refractivity contribution in [3.8, 4) is 0 Å². The van der Waals surface area contributed by atoms with Gasteiger partial charge in [0.2, 0.25) is 0 Å². The van der Waals surface area contributed by atoms with Gasteiger partial charge in [-0.15, -0.1) is 0 Å². The summed E-state index contributed by atoms with van der Waals surface area (Å²) in [6.45, 7) is 3.57. The first-order chi connectivity index (χ1) is 36.6. The summed E-state index contributed by atoms with van der Waals surface area (Å²) in [5.74, 6) is -2.58. The smallest absolute Gasteiger partial charge is 0.322 e. The molecule has 2 amide bonds. The van der Waals surface area contributed by atoms with Crippen LogP contribution in [0, 0.1) is 0 Å². The van der Waals surface area contributed by atoms with E-state index < -0.39 is 97.5 Å². The number of rotatable bonds is 25. The molecular formula is C60H67N3O12. The SMILES string of the molecule is C[C@@H](N)[C@@H]1O[C@H](C(=O)N[C@H](C)[C@@H]2O[C@H](C(=O)NCC(=O)O)[C@@H](OCc3ccccc3)[C@H](OCc3ccccc3)[C@H]2OCc2ccccc2)[C@@H](OCc2ccccc2)[C@H](OCc2ccccc2)[C@H]1OCc1ccccc1. The molecule has 8 rings (SSSR count). The van der Waals surface area contributed by atoms with E-state index in [0.29, 0.717) is 0 Å². The summed E-state index contributed by atoms with van der Waals surface area (Å²) in [5, 5.41) is 15.4. The molecule has 0 radical (unpaired) electrons. The minimum Gasteiger partial charge on any atom is -0.480 e. The van der Waals surface area contributed by atoms with E-state index in [1.165, 1.54) is 0 Å². The lowest BCUT2D eigenvalue weighted by Crippen LogP contribution is -2.69. The van der Waals surface area contributed by atoms with Gasteiger partial charge in [0.05, 0.1) is 45.7 Å². The summed E-state index contributed by atoms with van der Waals surface area (Å²) in [5.41, 5.74) is 11.9. The molecule has 2 fully saturated rings. The largest absolute Gasteiger partial charge is 0.480 e. The molecule has 2 aliphatic heterocycles. The fourth-order valence-corrected chi connectivity index (χ4v) is 9.36. The second-order valence-corrected chi connectivity index (χ2v) is 18.9. The molecule has 0 unspecified atom stereocenters. The molecule has 394 valence electrons. The molecule has 0 saturated carbocycles. The first-order valence-corrected chi connectivity index (χ1v) is 25.4. The van der Waals surface area contributed by atoms with Crippen molar-refractivity contribution in [2.75, 3.05) is 6.54 Å². The summed E-state index contributed by atoms with van der Waals surface area (Å²) in [4.78, 5) is 41.6. The zero-order valence-corrected chi connectivity index (χ0v) is 42.2. The number of carboxylic acids is 1. The molecule has 15 heteroatoms. The summed E-state index contributed by atoms with van der Waals surface area (Å²) in [6, 6.07) is 55.9. The Hall–Kier alpha value is -6.63. The van der Waals surface area contributed by atoms with Crippen molar-refractivity contribution in [1.82, 2.24) is 10.6 Å². The molecular weight excluding hydrogens is 955 g/mol. The van der Waals surface area contributed by atoms with Gasteiger partial charge in [0, 0.05) is 6.04 Å². The van der Waals surface area contributed by atoms with Gasteiger partial charge in [0.15, 0.2) is 12.2 Å². The number of carboxylic acid groups (broad SMARTS) is 1. The number of benzene rings is 6. The van der Waals surface area contributed by atoms with Crippen LogP contribution in [0.2, 0.25) is 0 Å². The highest BCUT2D eigenvalue weighted by Gasteiger charge is 2.55. The van der Waals surface area contributed by atoms with Crippen LogP contribution in [0.4, 0.5) is 0 Å². The standard InChI is InChI=1S/C60H67N3O12/c1-40(61)49-51(68-34-42-21-9-3-10-22-42)53(70-36-44-25-13-5-14-26-44)56(73-39-47-31-19-8-20-32-47)58(74-49)60(67)63-41(2)50-52(69-35-43-23-11-4-12-24-43)54(71-37-45-27-15-6-16-28-45)55(72-38-46-29-17-7-18-30-46)57(75-50)59(66)62-33-48(64)65/h3-32,40-41,49-58H,33-39,61H2,1-2H3,(H,62,66)(H,63,67)(H,64,65)/t40-,41-,49+,50+,51+,52+,53-,54-,55+,56+,57+,58+/m1/s1. The highest BCUT2D eigenvalue weighted by molar-refractivity contribution is 5.85. The van der Waals surface area contributed by atoms with Gasteiger partial charge in [-0.2, -0.15) is 0 Å². The van der Waals surface area contributed by atoms with Crippen molar-refractivity contribution >= 4 is 17.8 Å². The Kier molecular flexibility index (Phi) is 20.2. The molecule has 75 heavy (non-hydrogen) atoms. The summed E-state index contributed by atoms with van der Waals surface area (Å²) >= 11 is 0. The quantitative estimate of drug-likeness (QED) is 0.0455. The molecule has 0 aliphatic carbocycles. The van der Waals surface area contributed by atoms with Crippen molar-refractivity contribution in [2.45, 2.75) is 127 Å². The highest BCUT2D eigenvalue weighted by atomic mass is 16.6. The number of ether oxygens (including phenoxy) is 8. The van der Waals surface area contributed by atoms with E-state index in [1.807, 2.05) is 182 Å². The van der Waals surface area contributed by atoms with Crippen LogP contribution >= 0.6 is 0 Å². The lowest BCUT2D eigenvalue weighted by atomic mass is 9.89. The molecule has 2 saturated heterocycles. The third-order valence-electron chi connectivity index (χ3n) is 13.2. The lowest BCUT2D eigenvalue weighted by Gasteiger charge is -2.48. The summed E-state index contributed by atoms with van der Waals surface area (Å²) < 4.78 is 54.3. The first-order valence-electron chi connectivity index (χ1n) is 25.4. The first kappa shape index (κ1) is 54.6. The molecule has 0 spiro atoms. The van der Waals surface area contributed by atoms with Crippen LogP contribution in [0.1, 0.15) is 47.2 Å². The van der Waals surface area contributed by atoms with Crippen molar-refractivity contribution in [3.05, 3.63) is 215 Å². The Balaban J connectivity index is 1.15. The van der Waals surface area contributed by atoms with E-state index in [-0.39, 0.29) is 39.6 Å². The number of hydrogen-bond donors (Lipinski definition) is 4. The molecule has 0 bridgehead atoms. The monoisotopic (exact) mass is 1020 g/mol. The zero-order valence-electron chi connectivity index (χ0n) is 42.2. The average molecular weight is 1020 g/mol. The molecule has 2 aliphatic rings. The Morgan fingerprint density at radius 2 is 0.720 bits per heavy atom. The number of nitrogens with two attached hydrogens (primary N) is 1. The highest BCUT2D eigenvalue weighted by Crippen LogP contribution is 2.35. The summed E-state index contributed by atoms with van der Waals surface area (Å²) in [7, 11) is 0. The van der Waals surface area contributed by atoms with Gasteiger partial charge in [0.1, 0.15) is 55.4 Å². The molecule has 12 atom stereocenters. The van der Waals surface area contributed by atoms with Gasteiger partial charge >= 0.3 is 5.97 Å². The van der Waals surface area contributed by atoms with Gasteiger partial charge in [-0.25, -0.2) is 0 Å². The van der Waals surface area contributed by atoms with Crippen molar-refractivity contribution in [1.29, 1.82) is 0 Å². The van der Waals surface area contributed by atoms with Crippen molar-refractivity contribution in [3.63, 3.8) is 0 Å². The van der Waals surface area contributed by atoms with E-state index >= 15 is 4.79 Å². The van der Waals surface area contributed by atoms with Crippen LogP contribution in [0.25, 0.3) is 0 Å². The summed E-state index contributed by atoms with van der Waals surface area (Å²) in [6.07, 6.45) is -10.6. The number of amides is 2. The van der Waals surface area contributed by atoms with Gasteiger partial charge in [-0.1, -0.05) is 182 Å². The Bertz CT molecular complexity index is 2640. The fraction of sp³-hybridized carbons (Fsp3) is 0.350. The van der Waals surface area contributed by atoms with Crippen LogP contribution in [-0.2, 0) is 91.9 Å². The number of carbonyl (C=O) groups is 3. The maximum atomic E-state index is 15.4. The van der Waals surface area contributed by atoms with Crippen LogP contribution in [0.5, 0.6) is 0 Å². The topological polar surface area (TPSA) is 195 Å². The molecule has 5 N–H and O–H groups in total. The molecule has 0 aromatic heterocycles. The minimum absolute atomic E-state index is 0.0544. The van der Waals surface area contributed by atoms with Crippen LogP contribution in [-0.4, -0.2) is 103 Å². The van der Waals surface area contributed by atoms with E-state index in [4.69, 9.17) is 43.6 Å². The van der Waals surface area contributed by atoms with Crippen LogP contribution in [0.3, 0.4) is 0 Å². The number of hydrogen-bond acceptors (Lipinski definition) is 12. The van der Waals surface area contributed by atoms with E-state index in [2.05, 4.69) is 10.6 Å². The van der Waals surface area contributed by atoms with Gasteiger partial charge < -0.3 is 59.4 Å². The fourth-order valence-electron chi connectivity index (χ4n) is 9.36. The lowest BCUT2D eigenvalue weighted by molar-refractivity contribution is -0.268. The van der Waals surface area contributed by atoms with Gasteiger partial charge in [-0.05, 0) is 47.2 Å². The maximum Gasteiger partial charge on any atom is 0.322 e. The van der Waals surface area contributed by atoms with Crippen molar-refractivity contribution in [2.24, 2.45) is 5.73 Å². The second-order valence-electron chi connectivity index (χ2n) is 18.9. The van der Waals surface area contributed by atoms with Crippen LogP contribution in [0.15, 0.2) is 182 Å². The number of nitrogens with one attached hydrogen (secondary N) is 2. The van der Waals surface area contributed by atoms with Crippen molar-refractivity contribution < 1.29 is 57.4 Å². The minimum atomic E-state index is -1.44.